The summed E-state index contributed by atoms with van der Waals surface area (Å²) in [5, 5.41) is 9.77. The lowest BCUT2D eigenvalue weighted by Crippen LogP contribution is -2.41. The first-order valence-electron chi connectivity index (χ1n) is 10.00. The maximum Gasteiger partial charge on any atom is 0.188 e. The highest BCUT2D eigenvalue weighted by Gasteiger charge is 2.41. The Morgan fingerprint density at radius 2 is 1.86 bits per heavy atom. The summed E-state index contributed by atoms with van der Waals surface area (Å²) in [6.07, 6.45) is 1.77. The number of hydrogen-bond donors (Lipinski definition) is 0. The Labute approximate surface area is 188 Å². The highest BCUT2D eigenvalue weighted by atomic mass is 79.9. The van der Waals surface area contributed by atoms with Crippen LogP contribution >= 0.6 is 31.9 Å². The zero-order valence-electron chi connectivity index (χ0n) is 16.4. The van der Waals surface area contributed by atoms with Crippen molar-refractivity contribution in [3.05, 3.63) is 74.7 Å². The third-order valence-corrected chi connectivity index (χ3v) is 6.69. The SMILES string of the molecule is CC(C)C[C@H]1Oc2c(Br)cc(Br)cc2[C@@H]2CC(c3ccc4ccccc4c3)=NN12. The minimum Gasteiger partial charge on any atom is -0.467 e. The third kappa shape index (κ3) is 3.49. The predicted molar refractivity (Wildman–Crippen MR) is 125 cm³/mol. The van der Waals surface area contributed by atoms with Crippen LogP contribution in [-0.4, -0.2) is 16.9 Å². The first kappa shape index (κ1) is 19.1. The molecule has 0 aliphatic carbocycles. The Hall–Kier alpha value is -1.85. The topological polar surface area (TPSA) is 24.8 Å². The van der Waals surface area contributed by atoms with E-state index >= 15 is 0 Å². The number of rotatable bonds is 3. The van der Waals surface area contributed by atoms with Crippen LogP contribution in [0.15, 0.2) is 68.6 Å². The van der Waals surface area contributed by atoms with Crippen LogP contribution in [0.5, 0.6) is 5.75 Å². The minimum absolute atomic E-state index is 0.0528. The molecule has 0 N–H and O–H groups in total. The Kier molecular flexibility index (Phi) is 4.91. The van der Waals surface area contributed by atoms with E-state index in [2.05, 4.69) is 105 Å². The van der Waals surface area contributed by atoms with Gasteiger partial charge in [-0.1, -0.05) is 66.2 Å². The number of fused-ring (bicyclic) bond motifs is 4. The fourth-order valence-corrected chi connectivity index (χ4v) is 5.64. The fourth-order valence-electron chi connectivity index (χ4n) is 4.29. The van der Waals surface area contributed by atoms with Crippen LogP contribution in [0.2, 0.25) is 0 Å². The second-order valence-corrected chi connectivity index (χ2v) is 9.99. The zero-order valence-corrected chi connectivity index (χ0v) is 19.6. The molecule has 0 radical (unpaired) electrons. The van der Waals surface area contributed by atoms with Gasteiger partial charge in [-0.2, -0.15) is 5.10 Å². The summed E-state index contributed by atoms with van der Waals surface area (Å²) in [6, 6.07) is 19.5. The third-order valence-electron chi connectivity index (χ3n) is 5.64. The molecule has 3 aromatic rings. The van der Waals surface area contributed by atoms with Gasteiger partial charge in [-0.3, -0.25) is 5.01 Å². The van der Waals surface area contributed by atoms with E-state index in [-0.39, 0.29) is 12.3 Å². The molecule has 29 heavy (non-hydrogen) atoms. The maximum atomic E-state index is 6.45. The second kappa shape index (κ2) is 7.44. The molecule has 2 atom stereocenters. The van der Waals surface area contributed by atoms with Crippen LogP contribution in [0.3, 0.4) is 0 Å². The Balaban J connectivity index is 1.57. The van der Waals surface area contributed by atoms with Gasteiger partial charge in [0.1, 0.15) is 5.75 Å². The lowest BCUT2D eigenvalue weighted by molar-refractivity contribution is -0.0297. The molecule has 2 aliphatic heterocycles. The van der Waals surface area contributed by atoms with Crippen molar-refractivity contribution >= 4 is 48.3 Å². The van der Waals surface area contributed by atoms with Gasteiger partial charge in [0.05, 0.1) is 16.2 Å². The molecular weight excluding hydrogens is 492 g/mol. The monoisotopic (exact) mass is 512 g/mol. The molecule has 0 amide bonds. The summed E-state index contributed by atoms with van der Waals surface area (Å²) >= 11 is 7.34. The molecule has 5 rings (SSSR count). The van der Waals surface area contributed by atoms with Crippen LogP contribution in [0.1, 0.15) is 43.9 Å². The van der Waals surface area contributed by atoms with Crippen molar-refractivity contribution in [3.8, 4) is 5.75 Å². The molecule has 2 aliphatic rings. The predicted octanol–water partition coefficient (Wildman–Crippen LogP) is 7.28. The molecule has 0 saturated carbocycles. The Morgan fingerprint density at radius 3 is 2.66 bits per heavy atom. The number of benzene rings is 3. The lowest BCUT2D eigenvalue weighted by Gasteiger charge is -2.39. The normalized spacial score (nSPS) is 20.4. The summed E-state index contributed by atoms with van der Waals surface area (Å²) in [6.45, 7) is 4.46. The molecule has 0 fully saturated rings. The van der Waals surface area contributed by atoms with Crippen LogP contribution < -0.4 is 4.74 Å². The zero-order chi connectivity index (χ0) is 20.1. The molecule has 3 nitrogen and oxygen atoms in total. The smallest absolute Gasteiger partial charge is 0.188 e. The Bertz CT molecular complexity index is 1130. The van der Waals surface area contributed by atoms with Crippen molar-refractivity contribution in [2.24, 2.45) is 11.0 Å². The van der Waals surface area contributed by atoms with Gasteiger partial charge in [-0.25, -0.2) is 0 Å². The molecular formula is C24H22Br2N2O. The number of hydrazone groups is 1. The Morgan fingerprint density at radius 1 is 1.07 bits per heavy atom. The van der Waals surface area contributed by atoms with E-state index in [1.165, 1.54) is 21.9 Å². The van der Waals surface area contributed by atoms with Crippen molar-refractivity contribution in [2.45, 2.75) is 39.0 Å². The van der Waals surface area contributed by atoms with E-state index < -0.39 is 0 Å². The van der Waals surface area contributed by atoms with Crippen LogP contribution in [0.4, 0.5) is 0 Å². The minimum atomic E-state index is -0.0528. The lowest BCUT2D eigenvalue weighted by atomic mass is 9.95. The molecule has 0 unspecified atom stereocenters. The van der Waals surface area contributed by atoms with Crippen LogP contribution in [-0.2, 0) is 0 Å². The number of hydrogen-bond acceptors (Lipinski definition) is 3. The van der Waals surface area contributed by atoms with E-state index in [1.54, 1.807) is 0 Å². The van der Waals surface area contributed by atoms with Gasteiger partial charge in [-0.05, 0) is 56.4 Å². The van der Waals surface area contributed by atoms with Gasteiger partial charge >= 0.3 is 0 Å². The van der Waals surface area contributed by atoms with Crippen LogP contribution in [0.25, 0.3) is 10.8 Å². The first-order chi connectivity index (χ1) is 14.0. The number of halogens is 2. The van der Waals surface area contributed by atoms with E-state index in [0.717, 1.165) is 33.2 Å². The second-order valence-electron chi connectivity index (χ2n) is 8.22. The molecule has 2 heterocycles. The summed E-state index contributed by atoms with van der Waals surface area (Å²) in [4.78, 5) is 0. The van der Waals surface area contributed by atoms with Gasteiger partial charge in [0.15, 0.2) is 6.23 Å². The first-order valence-corrected chi connectivity index (χ1v) is 11.6. The van der Waals surface area contributed by atoms with Gasteiger partial charge in [0, 0.05) is 22.9 Å². The summed E-state index contributed by atoms with van der Waals surface area (Å²) in [5.74, 6) is 1.48. The average Bonchev–Trinajstić information content (AvgIpc) is 3.14. The van der Waals surface area contributed by atoms with Gasteiger partial charge < -0.3 is 4.74 Å². The van der Waals surface area contributed by atoms with Gasteiger partial charge in [0.25, 0.3) is 0 Å². The molecule has 5 heteroatoms. The van der Waals surface area contributed by atoms with Gasteiger partial charge in [-0.15, -0.1) is 0 Å². The van der Waals surface area contributed by atoms with Crippen molar-refractivity contribution in [2.75, 3.05) is 0 Å². The molecule has 148 valence electrons. The molecule has 0 spiro atoms. The van der Waals surface area contributed by atoms with E-state index in [4.69, 9.17) is 9.84 Å². The highest BCUT2D eigenvalue weighted by molar-refractivity contribution is 9.11. The quantitative estimate of drug-likeness (QED) is 0.367. The number of ether oxygens (including phenoxy) is 1. The van der Waals surface area contributed by atoms with Crippen molar-refractivity contribution < 1.29 is 4.74 Å². The summed E-state index contributed by atoms with van der Waals surface area (Å²) < 4.78 is 8.49. The van der Waals surface area contributed by atoms with E-state index in [1.807, 2.05) is 0 Å². The summed E-state index contributed by atoms with van der Waals surface area (Å²) in [7, 11) is 0. The fraction of sp³-hybridized carbons (Fsp3) is 0.292. The van der Waals surface area contributed by atoms with Crippen molar-refractivity contribution in [1.82, 2.24) is 5.01 Å². The van der Waals surface area contributed by atoms with E-state index in [0.29, 0.717) is 5.92 Å². The highest BCUT2D eigenvalue weighted by Crippen LogP contribution is 2.48. The maximum absolute atomic E-state index is 6.45. The largest absolute Gasteiger partial charge is 0.467 e. The van der Waals surface area contributed by atoms with Crippen molar-refractivity contribution in [1.29, 1.82) is 0 Å². The summed E-state index contributed by atoms with van der Waals surface area (Å²) in [5.41, 5.74) is 3.50. The van der Waals surface area contributed by atoms with Crippen molar-refractivity contribution in [3.63, 3.8) is 0 Å². The molecule has 0 aromatic heterocycles. The standard InChI is InChI=1S/C24H22Br2N2O/c1-14(2)9-23-28-22(19-11-18(25)12-20(26)24(19)29-23)13-21(27-28)17-8-7-15-5-3-4-6-16(15)10-17/h3-8,10-12,14,22-23H,9,13H2,1-2H3/t22-,23+/m0/s1. The molecule has 0 saturated heterocycles. The van der Waals surface area contributed by atoms with Gasteiger partial charge in [0.2, 0.25) is 0 Å². The van der Waals surface area contributed by atoms with E-state index in [9.17, 15) is 0 Å². The number of nitrogens with zero attached hydrogens (tertiary/aromatic N) is 2. The van der Waals surface area contributed by atoms with Crippen LogP contribution in [0, 0.1) is 5.92 Å². The molecule has 0 bridgehead atoms. The molecule has 3 aromatic carbocycles. The average molecular weight is 514 g/mol.